The van der Waals surface area contributed by atoms with Crippen molar-refractivity contribution >= 4 is 5.97 Å². The highest BCUT2D eigenvalue weighted by Crippen LogP contribution is 2.11. The molecule has 0 amide bonds. The number of carbonyl (C=O) groups is 1. The Labute approximate surface area is 86.9 Å². The van der Waals surface area contributed by atoms with Gasteiger partial charge in [-0.25, -0.2) is 0 Å². The molecule has 0 aromatic rings. The summed E-state index contributed by atoms with van der Waals surface area (Å²) in [6, 6.07) is 0.160. The highest BCUT2D eigenvalue weighted by Gasteiger charge is 2.31. The van der Waals surface area contributed by atoms with Gasteiger partial charge in [-0.1, -0.05) is 0 Å². The summed E-state index contributed by atoms with van der Waals surface area (Å²) in [5.41, 5.74) is 0. The van der Waals surface area contributed by atoms with Gasteiger partial charge in [0.1, 0.15) is 19.0 Å². The van der Waals surface area contributed by atoms with Crippen LogP contribution in [0.4, 0.5) is 0 Å². The van der Waals surface area contributed by atoms with Crippen LogP contribution in [0, 0.1) is 0 Å². The third kappa shape index (κ3) is 5.94. The zero-order valence-electron chi connectivity index (χ0n) is 10.2. The highest BCUT2D eigenvalue weighted by atomic mass is 16.4. The van der Waals surface area contributed by atoms with Gasteiger partial charge in [0.2, 0.25) is 0 Å². The lowest BCUT2D eigenvalue weighted by Crippen LogP contribution is -2.55. The first-order chi connectivity index (χ1) is 6.02. The molecule has 0 heterocycles. The Morgan fingerprint density at radius 1 is 1.14 bits per heavy atom. The van der Waals surface area contributed by atoms with Crippen molar-refractivity contribution in [1.82, 2.24) is 0 Å². The first-order valence-electron chi connectivity index (χ1n) is 4.86. The van der Waals surface area contributed by atoms with Crippen molar-refractivity contribution in [3.63, 3.8) is 0 Å². The van der Waals surface area contributed by atoms with Crippen LogP contribution in [-0.4, -0.2) is 74.9 Å². The molecule has 0 saturated carbocycles. The largest absolute Gasteiger partial charge is 0.481 e. The van der Waals surface area contributed by atoms with Gasteiger partial charge in [-0.3, -0.25) is 4.79 Å². The Morgan fingerprint density at radius 3 is 1.79 bits per heavy atom. The molecule has 0 aromatic carbocycles. The molecular formula is C10H24N2O2+2. The predicted molar refractivity (Wildman–Crippen MR) is 57.0 cm³/mol. The van der Waals surface area contributed by atoms with E-state index in [2.05, 4.69) is 21.1 Å². The fourth-order valence-corrected chi connectivity index (χ4v) is 1.42. The standard InChI is InChI=1S/C10H23N2O2/c1-11(2,3)8-9(7-10(13)14)12(4,5)6/h9H,7-8H2,1-6H3/q+1/p+1. The monoisotopic (exact) mass is 204 g/mol. The van der Waals surface area contributed by atoms with E-state index >= 15 is 0 Å². The molecule has 0 saturated heterocycles. The summed E-state index contributed by atoms with van der Waals surface area (Å²) in [5.74, 6) is -0.712. The number of carboxylic acids is 1. The van der Waals surface area contributed by atoms with Crippen LogP contribution in [0.3, 0.4) is 0 Å². The van der Waals surface area contributed by atoms with E-state index < -0.39 is 5.97 Å². The molecule has 4 heteroatoms. The Hall–Kier alpha value is -0.610. The average molecular weight is 204 g/mol. The van der Waals surface area contributed by atoms with Gasteiger partial charge in [0, 0.05) is 0 Å². The molecule has 0 bridgehead atoms. The Balaban J connectivity index is 4.50. The van der Waals surface area contributed by atoms with Crippen molar-refractivity contribution in [3.8, 4) is 0 Å². The normalized spacial score (nSPS) is 15.3. The number of carboxylic acid groups (broad SMARTS) is 1. The number of hydrogen-bond acceptors (Lipinski definition) is 1. The summed E-state index contributed by atoms with van der Waals surface area (Å²) in [5, 5.41) is 8.83. The Bertz CT molecular complexity index is 201. The van der Waals surface area contributed by atoms with Crippen molar-refractivity contribution in [1.29, 1.82) is 0 Å². The molecule has 0 fully saturated rings. The second-order valence-corrected chi connectivity index (χ2v) is 5.84. The van der Waals surface area contributed by atoms with Gasteiger partial charge in [-0.15, -0.1) is 0 Å². The number of likely N-dealkylation sites (N-methyl/N-ethyl adjacent to an activating group) is 2. The predicted octanol–water partition coefficient (Wildman–Crippen LogP) is 0.242. The minimum atomic E-state index is -0.712. The number of nitrogens with zero attached hydrogens (tertiary/aromatic N) is 2. The molecule has 1 N–H and O–H groups in total. The molecule has 14 heavy (non-hydrogen) atoms. The van der Waals surface area contributed by atoms with Crippen LogP contribution in [0.2, 0.25) is 0 Å². The topological polar surface area (TPSA) is 37.3 Å². The molecule has 84 valence electrons. The quantitative estimate of drug-likeness (QED) is 0.652. The van der Waals surface area contributed by atoms with Crippen LogP contribution in [0.1, 0.15) is 6.42 Å². The molecular weight excluding hydrogens is 180 g/mol. The van der Waals surface area contributed by atoms with Gasteiger partial charge >= 0.3 is 5.97 Å². The summed E-state index contributed by atoms with van der Waals surface area (Å²) in [6.07, 6.45) is 0.235. The van der Waals surface area contributed by atoms with Crippen molar-refractivity contribution in [2.45, 2.75) is 12.5 Å². The number of rotatable bonds is 5. The summed E-state index contributed by atoms with van der Waals surface area (Å²) in [7, 11) is 12.4. The zero-order chi connectivity index (χ0) is 11.6. The van der Waals surface area contributed by atoms with Crippen LogP contribution in [0.25, 0.3) is 0 Å². The second-order valence-electron chi connectivity index (χ2n) is 5.84. The van der Waals surface area contributed by atoms with Crippen LogP contribution in [-0.2, 0) is 4.79 Å². The zero-order valence-corrected chi connectivity index (χ0v) is 10.2. The average Bonchev–Trinajstić information content (AvgIpc) is 1.78. The van der Waals surface area contributed by atoms with E-state index in [0.29, 0.717) is 4.48 Å². The molecule has 1 unspecified atom stereocenters. The van der Waals surface area contributed by atoms with E-state index in [1.807, 2.05) is 21.1 Å². The van der Waals surface area contributed by atoms with Crippen molar-refractivity contribution in [2.24, 2.45) is 0 Å². The van der Waals surface area contributed by atoms with Gasteiger partial charge in [0.05, 0.1) is 42.3 Å². The molecule has 0 aliphatic carbocycles. The van der Waals surface area contributed by atoms with E-state index in [1.54, 1.807) is 0 Å². The highest BCUT2D eigenvalue weighted by molar-refractivity contribution is 5.67. The summed E-state index contributed by atoms with van der Waals surface area (Å²) < 4.78 is 1.50. The minimum Gasteiger partial charge on any atom is -0.481 e. The fraction of sp³-hybridized carbons (Fsp3) is 0.900. The van der Waals surface area contributed by atoms with Crippen LogP contribution in [0.5, 0.6) is 0 Å². The van der Waals surface area contributed by atoms with E-state index in [4.69, 9.17) is 5.11 Å². The molecule has 0 aromatic heterocycles. The maximum absolute atomic E-state index is 10.7. The third-order valence-electron chi connectivity index (χ3n) is 2.26. The maximum atomic E-state index is 10.7. The second kappa shape index (κ2) is 4.28. The fourth-order valence-electron chi connectivity index (χ4n) is 1.42. The summed E-state index contributed by atoms with van der Waals surface area (Å²) in [4.78, 5) is 10.7. The smallest absolute Gasteiger partial charge is 0.309 e. The van der Waals surface area contributed by atoms with Crippen LogP contribution >= 0.6 is 0 Å². The Kier molecular flexibility index (Phi) is 4.09. The van der Waals surface area contributed by atoms with Gasteiger partial charge in [0.15, 0.2) is 0 Å². The molecule has 0 rings (SSSR count). The van der Waals surface area contributed by atoms with Crippen molar-refractivity contribution in [2.75, 3.05) is 48.8 Å². The lowest BCUT2D eigenvalue weighted by molar-refractivity contribution is -0.946. The SMILES string of the molecule is C[N+](C)(C)CC(CC(=O)O)[N+](C)(C)C. The number of quaternary nitrogens is 2. The maximum Gasteiger partial charge on any atom is 0.309 e. The summed E-state index contributed by atoms with van der Waals surface area (Å²) in [6.45, 7) is 0.871. The van der Waals surface area contributed by atoms with Crippen LogP contribution < -0.4 is 0 Å². The number of hydrogen-bond donors (Lipinski definition) is 1. The molecule has 4 nitrogen and oxygen atoms in total. The van der Waals surface area contributed by atoms with Crippen LogP contribution in [0.15, 0.2) is 0 Å². The van der Waals surface area contributed by atoms with E-state index in [0.717, 1.165) is 11.0 Å². The van der Waals surface area contributed by atoms with E-state index in [9.17, 15) is 4.79 Å². The molecule has 0 spiro atoms. The van der Waals surface area contributed by atoms with Gasteiger partial charge in [0.25, 0.3) is 0 Å². The van der Waals surface area contributed by atoms with Crippen molar-refractivity contribution in [3.05, 3.63) is 0 Å². The summed E-state index contributed by atoms with van der Waals surface area (Å²) >= 11 is 0. The first kappa shape index (κ1) is 13.4. The minimum absolute atomic E-state index is 0.160. The lowest BCUT2D eigenvalue weighted by Gasteiger charge is -2.37. The first-order valence-corrected chi connectivity index (χ1v) is 4.86. The molecule has 1 atom stereocenters. The molecule has 0 radical (unpaired) electrons. The third-order valence-corrected chi connectivity index (χ3v) is 2.26. The Morgan fingerprint density at radius 2 is 1.57 bits per heavy atom. The van der Waals surface area contributed by atoms with E-state index in [-0.39, 0.29) is 12.5 Å². The molecule has 0 aliphatic heterocycles. The van der Waals surface area contributed by atoms with Gasteiger partial charge in [-0.2, -0.15) is 0 Å². The van der Waals surface area contributed by atoms with Gasteiger partial charge < -0.3 is 14.1 Å². The van der Waals surface area contributed by atoms with E-state index in [1.165, 1.54) is 0 Å². The van der Waals surface area contributed by atoms with Crippen molar-refractivity contribution < 1.29 is 18.9 Å². The molecule has 0 aliphatic rings. The number of aliphatic carboxylic acids is 1. The van der Waals surface area contributed by atoms with Gasteiger partial charge in [-0.05, 0) is 0 Å². The lowest BCUT2D eigenvalue weighted by atomic mass is 10.1.